The third kappa shape index (κ3) is 5.49. The lowest BCUT2D eigenvalue weighted by atomic mass is 10.1. The smallest absolute Gasteiger partial charge is 0.230 e. The highest BCUT2D eigenvalue weighted by Crippen LogP contribution is 2.16. The van der Waals surface area contributed by atoms with Gasteiger partial charge in [-0.3, -0.25) is 4.79 Å². The van der Waals surface area contributed by atoms with Gasteiger partial charge in [-0.2, -0.15) is 0 Å². The summed E-state index contributed by atoms with van der Waals surface area (Å²) in [4.78, 5) is 12.8. The van der Waals surface area contributed by atoms with Crippen LogP contribution in [-0.2, 0) is 4.79 Å². The molecule has 3 nitrogen and oxygen atoms in total. The predicted octanol–water partition coefficient (Wildman–Crippen LogP) is 2.20. The van der Waals surface area contributed by atoms with Crippen LogP contribution in [0.25, 0.3) is 0 Å². The van der Waals surface area contributed by atoms with Gasteiger partial charge in [-0.25, -0.2) is 0 Å². The number of amides is 1. The van der Waals surface area contributed by atoms with Gasteiger partial charge in [0.1, 0.15) is 0 Å². The predicted molar refractivity (Wildman–Crippen MR) is 80.4 cm³/mol. The average Bonchev–Trinajstić information content (AvgIpc) is 2.47. The van der Waals surface area contributed by atoms with E-state index in [1.54, 1.807) is 11.8 Å². The summed E-state index contributed by atoms with van der Waals surface area (Å²) < 4.78 is 0. The van der Waals surface area contributed by atoms with Crippen molar-refractivity contribution in [3.63, 3.8) is 0 Å². The van der Waals surface area contributed by atoms with Crippen molar-refractivity contribution in [3.8, 4) is 0 Å². The van der Waals surface area contributed by atoms with Crippen LogP contribution in [-0.4, -0.2) is 31.3 Å². The minimum absolute atomic E-state index is 0.114. The Balaban J connectivity index is 1.61. The van der Waals surface area contributed by atoms with Crippen molar-refractivity contribution in [1.29, 1.82) is 0 Å². The molecule has 1 aliphatic rings. The summed E-state index contributed by atoms with van der Waals surface area (Å²) in [6.45, 7) is 2.77. The molecule has 0 bridgehead atoms. The lowest BCUT2D eigenvalue weighted by Crippen LogP contribution is -2.27. The fraction of sp³-hybridized carbons (Fsp3) is 0.400. The first-order valence-electron chi connectivity index (χ1n) is 6.68. The SMILES string of the molecule is O=C(CSc1ccccc1)NCCC1=CCNCC1. The summed E-state index contributed by atoms with van der Waals surface area (Å²) >= 11 is 1.58. The highest BCUT2D eigenvalue weighted by Gasteiger charge is 2.05. The number of benzene rings is 1. The fourth-order valence-corrected chi connectivity index (χ4v) is 2.73. The highest BCUT2D eigenvalue weighted by molar-refractivity contribution is 8.00. The van der Waals surface area contributed by atoms with Gasteiger partial charge in [0, 0.05) is 18.0 Å². The molecule has 1 amide bonds. The van der Waals surface area contributed by atoms with Crippen LogP contribution >= 0.6 is 11.8 Å². The van der Waals surface area contributed by atoms with Crippen molar-refractivity contribution in [1.82, 2.24) is 10.6 Å². The fourth-order valence-electron chi connectivity index (χ4n) is 1.98. The van der Waals surface area contributed by atoms with Gasteiger partial charge >= 0.3 is 0 Å². The molecule has 0 aromatic heterocycles. The Labute approximate surface area is 118 Å². The maximum Gasteiger partial charge on any atom is 0.230 e. The molecule has 1 heterocycles. The molecule has 4 heteroatoms. The maximum absolute atomic E-state index is 11.7. The topological polar surface area (TPSA) is 41.1 Å². The average molecular weight is 276 g/mol. The Bertz CT molecular complexity index is 431. The number of thioether (sulfide) groups is 1. The molecule has 0 aliphatic carbocycles. The first kappa shape index (κ1) is 14.2. The Morgan fingerprint density at radius 2 is 2.16 bits per heavy atom. The number of rotatable bonds is 6. The summed E-state index contributed by atoms with van der Waals surface area (Å²) in [7, 11) is 0. The van der Waals surface area contributed by atoms with E-state index in [2.05, 4.69) is 16.7 Å². The first-order chi connectivity index (χ1) is 9.34. The Morgan fingerprint density at radius 3 is 2.89 bits per heavy atom. The van der Waals surface area contributed by atoms with E-state index in [1.807, 2.05) is 30.3 Å². The normalized spacial score (nSPS) is 14.8. The third-order valence-corrected chi connectivity index (χ3v) is 4.05. The Kier molecular flexibility index (Phi) is 5.98. The molecule has 2 rings (SSSR count). The van der Waals surface area contributed by atoms with Gasteiger partial charge in [-0.05, 0) is 31.5 Å². The van der Waals surface area contributed by atoms with Crippen molar-refractivity contribution in [2.75, 3.05) is 25.4 Å². The minimum Gasteiger partial charge on any atom is -0.355 e. The van der Waals surface area contributed by atoms with Gasteiger partial charge in [-0.15, -0.1) is 11.8 Å². The summed E-state index contributed by atoms with van der Waals surface area (Å²) in [6, 6.07) is 10.0. The van der Waals surface area contributed by atoms with Gasteiger partial charge in [0.15, 0.2) is 0 Å². The number of hydrogen-bond donors (Lipinski definition) is 2. The van der Waals surface area contributed by atoms with E-state index in [4.69, 9.17) is 0 Å². The number of carbonyl (C=O) groups is 1. The zero-order chi connectivity index (χ0) is 13.3. The van der Waals surface area contributed by atoms with Crippen LogP contribution in [0.2, 0.25) is 0 Å². The lowest BCUT2D eigenvalue weighted by molar-refractivity contribution is -0.118. The van der Waals surface area contributed by atoms with E-state index >= 15 is 0 Å². The zero-order valence-corrected chi connectivity index (χ0v) is 11.8. The monoisotopic (exact) mass is 276 g/mol. The first-order valence-corrected chi connectivity index (χ1v) is 7.66. The van der Waals surface area contributed by atoms with Crippen LogP contribution in [0.3, 0.4) is 0 Å². The van der Waals surface area contributed by atoms with Crippen LogP contribution in [0.15, 0.2) is 46.9 Å². The van der Waals surface area contributed by atoms with Gasteiger partial charge in [0.25, 0.3) is 0 Å². The minimum atomic E-state index is 0.114. The van der Waals surface area contributed by atoms with Crippen LogP contribution in [0, 0.1) is 0 Å². The van der Waals surface area contributed by atoms with Crippen molar-refractivity contribution >= 4 is 17.7 Å². The second-order valence-corrected chi connectivity index (χ2v) is 5.57. The summed E-state index contributed by atoms with van der Waals surface area (Å²) in [5, 5.41) is 6.26. The van der Waals surface area contributed by atoms with Crippen LogP contribution in [0.5, 0.6) is 0 Å². The Morgan fingerprint density at radius 1 is 1.32 bits per heavy atom. The van der Waals surface area contributed by atoms with E-state index in [-0.39, 0.29) is 5.91 Å². The zero-order valence-electron chi connectivity index (χ0n) is 11.0. The summed E-state index contributed by atoms with van der Waals surface area (Å²) in [5.74, 6) is 0.605. The standard InChI is InChI=1S/C15H20N2OS/c18-15(12-19-14-4-2-1-3-5-14)17-11-8-13-6-9-16-10-7-13/h1-6,16H,7-12H2,(H,17,18). The second-order valence-electron chi connectivity index (χ2n) is 4.52. The van der Waals surface area contributed by atoms with Gasteiger partial charge in [0.2, 0.25) is 5.91 Å². The van der Waals surface area contributed by atoms with Crippen LogP contribution in [0.1, 0.15) is 12.8 Å². The molecular formula is C15H20N2OS. The molecule has 1 aromatic rings. The van der Waals surface area contributed by atoms with E-state index in [9.17, 15) is 4.79 Å². The molecule has 0 spiro atoms. The van der Waals surface area contributed by atoms with Gasteiger partial charge < -0.3 is 10.6 Å². The molecule has 0 saturated heterocycles. The second kappa shape index (κ2) is 8.02. The molecule has 19 heavy (non-hydrogen) atoms. The molecule has 1 aromatic carbocycles. The molecule has 0 saturated carbocycles. The van der Waals surface area contributed by atoms with Gasteiger partial charge in [-0.1, -0.05) is 29.8 Å². The van der Waals surface area contributed by atoms with Crippen molar-refractivity contribution in [2.24, 2.45) is 0 Å². The van der Waals surface area contributed by atoms with Crippen molar-refractivity contribution < 1.29 is 4.79 Å². The highest BCUT2D eigenvalue weighted by atomic mass is 32.2. The molecule has 0 atom stereocenters. The third-order valence-electron chi connectivity index (χ3n) is 3.04. The molecule has 1 aliphatic heterocycles. The molecule has 0 fully saturated rings. The largest absolute Gasteiger partial charge is 0.355 e. The molecule has 2 N–H and O–H groups in total. The van der Waals surface area contributed by atoms with E-state index in [1.165, 1.54) is 5.57 Å². The van der Waals surface area contributed by atoms with E-state index in [0.717, 1.165) is 37.4 Å². The van der Waals surface area contributed by atoms with Crippen LogP contribution in [0.4, 0.5) is 0 Å². The molecular weight excluding hydrogens is 256 g/mol. The molecule has 0 radical (unpaired) electrons. The lowest BCUT2D eigenvalue weighted by Gasteiger charge is -2.14. The summed E-state index contributed by atoms with van der Waals surface area (Å²) in [5.41, 5.74) is 1.45. The molecule has 102 valence electrons. The number of hydrogen-bond acceptors (Lipinski definition) is 3. The number of nitrogens with one attached hydrogen (secondary N) is 2. The van der Waals surface area contributed by atoms with E-state index < -0.39 is 0 Å². The summed E-state index contributed by atoms with van der Waals surface area (Å²) in [6.07, 6.45) is 4.31. The quantitative estimate of drug-likeness (QED) is 0.618. The van der Waals surface area contributed by atoms with Crippen molar-refractivity contribution in [2.45, 2.75) is 17.7 Å². The Hall–Kier alpha value is -1.26. The maximum atomic E-state index is 11.7. The van der Waals surface area contributed by atoms with Crippen LogP contribution < -0.4 is 10.6 Å². The van der Waals surface area contributed by atoms with E-state index in [0.29, 0.717) is 5.75 Å². The van der Waals surface area contributed by atoms with Gasteiger partial charge in [0.05, 0.1) is 5.75 Å². The van der Waals surface area contributed by atoms with Crippen molar-refractivity contribution in [3.05, 3.63) is 42.0 Å². The number of carbonyl (C=O) groups excluding carboxylic acids is 1. The molecule has 0 unspecified atom stereocenters.